The molecule has 0 spiro atoms. The smallest absolute Gasteiger partial charge is 0.225 e. The number of likely N-dealkylation sites (tertiary alicyclic amines) is 1. The molecule has 42 heavy (non-hydrogen) atoms. The predicted molar refractivity (Wildman–Crippen MR) is 165 cm³/mol. The maximum atomic E-state index is 13.5. The number of aryl methyl sites for hydroxylation is 4. The number of carbonyl (C=O) groups is 1. The van der Waals surface area contributed by atoms with Crippen LogP contribution in [0.15, 0.2) is 81.7 Å². The van der Waals surface area contributed by atoms with Crippen molar-refractivity contribution in [2.24, 2.45) is 0 Å². The van der Waals surface area contributed by atoms with Crippen molar-refractivity contribution >= 4 is 16.9 Å². The molecular weight excluding hydrogens is 524 g/mol. The molecule has 0 bridgehead atoms. The van der Waals surface area contributed by atoms with Crippen LogP contribution in [0, 0.1) is 27.7 Å². The molecule has 5 aromatic rings. The average molecular weight is 563 g/mol. The van der Waals surface area contributed by atoms with Crippen LogP contribution in [0.25, 0.3) is 11.0 Å². The number of furan rings is 1. The van der Waals surface area contributed by atoms with Crippen LogP contribution >= 0.6 is 0 Å². The Morgan fingerprint density at radius 1 is 1.00 bits per heavy atom. The van der Waals surface area contributed by atoms with Gasteiger partial charge in [-0.15, -0.1) is 0 Å². The average Bonchev–Trinajstić information content (AvgIpc) is 3.52. The van der Waals surface area contributed by atoms with Crippen molar-refractivity contribution in [3.8, 4) is 0 Å². The summed E-state index contributed by atoms with van der Waals surface area (Å²) in [6, 6.07) is 24.8. The van der Waals surface area contributed by atoms with Crippen LogP contribution in [-0.2, 0) is 11.2 Å². The predicted octanol–water partition coefficient (Wildman–Crippen LogP) is 6.10. The zero-order chi connectivity index (χ0) is 29.4. The van der Waals surface area contributed by atoms with Gasteiger partial charge >= 0.3 is 0 Å². The molecule has 3 heterocycles. The molecule has 0 aliphatic carbocycles. The monoisotopic (exact) mass is 562 g/mol. The first kappa shape index (κ1) is 27.9. The van der Waals surface area contributed by atoms with E-state index in [2.05, 4.69) is 77.0 Å². The first-order chi connectivity index (χ1) is 20.3. The first-order valence-corrected chi connectivity index (χ1v) is 14.6. The second kappa shape index (κ2) is 11.6. The van der Waals surface area contributed by atoms with E-state index in [0.29, 0.717) is 6.04 Å². The van der Waals surface area contributed by atoms with Crippen LogP contribution in [0.2, 0.25) is 0 Å². The fourth-order valence-corrected chi connectivity index (χ4v) is 6.18. The van der Waals surface area contributed by atoms with Gasteiger partial charge in [-0.25, -0.2) is 0 Å². The van der Waals surface area contributed by atoms with Gasteiger partial charge < -0.3 is 19.6 Å². The van der Waals surface area contributed by atoms with Gasteiger partial charge in [-0.05, 0) is 75.2 Å². The van der Waals surface area contributed by atoms with Crippen molar-refractivity contribution in [1.29, 1.82) is 0 Å². The number of likely N-dealkylation sites (N-methyl/N-ethyl adjacent to an activating group) is 1. The lowest BCUT2D eigenvalue weighted by molar-refractivity contribution is -0.120. The topological polar surface area (TPSA) is 83.5 Å². The summed E-state index contributed by atoms with van der Waals surface area (Å²) in [6.07, 6.45) is 0.272. The lowest BCUT2D eigenvalue weighted by Crippen LogP contribution is -2.58. The molecule has 0 radical (unpaired) electrons. The van der Waals surface area contributed by atoms with Crippen molar-refractivity contribution in [3.63, 3.8) is 0 Å². The number of amides is 1. The van der Waals surface area contributed by atoms with Crippen molar-refractivity contribution in [2.45, 2.75) is 52.2 Å². The zero-order valence-corrected chi connectivity index (χ0v) is 24.9. The molecule has 1 aliphatic rings. The molecule has 2 aromatic heterocycles. The van der Waals surface area contributed by atoms with Gasteiger partial charge in [0.25, 0.3) is 0 Å². The molecule has 6 rings (SSSR count). The normalized spacial score (nSPS) is 15.5. The van der Waals surface area contributed by atoms with Crippen LogP contribution in [0.1, 0.15) is 62.7 Å². The van der Waals surface area contributed by atoms with Gasteiger partial charge in [0.05, 0.1) is 24.2 Å². The third-order valence-corrected chi connectivity index (χ3v) is 8.45. The number of nitrogens with one attached hydrogen (secondary N) is 2. The third-order valence-electron chi connectivity index (χ3n) is 8.45. The van der Waals surface area contributed by atoms with Gasteiger partial charge in [-0.2, -0.15) is 0 Å². The van der Waals surface area contributed by atoms with Gasteiger partial charge in [0, 0.05) is 30.1 Å². The molecule has 1 saturated heterocycles. The summed E-state index contributed by atoms with van der Waals surface area (Å²) in [7, 11) is 2.00. The highest BCUT2D eigenvalue weighted by Crippen LogP contribution is 2.38. The number of fused-ring (bicyclic) bond motifs is 1. The number of benzene rings is 3. The van der Waals surface area contributed by atoms with Crippen LogP contribution in [-0.4, -0.2) is 42.1 Å². The highest BCUT2D eigenvalue weighted by Gasteiger charge is 2.38. The van der Waals surface area contributed by atoms with E-state index in [1.807, 2.05) is 51.2 Å². The van der Waals surface area contributed by atoms with Gasteiger partial charge in [0.1, 0.15) is 17.1 Å². The van der Waals surface area contributed by atoms with E-state index in [-0.39, 0.29) is 24.4 Å². The van der Waals surface area contributed by atoms with Gasteiger partial charge in [-0.1, -0.05) is 65.3 Å². The summed E-state index contributed by atoms with van der Waals surface area (Å²) < 4.78 is 12.0. The van der Waals surface area contributed by atoms with E-state index in [1.54, 1.807) is 0 Å². The quantitative estimate of drug-likeness (QED) is 0.226. The minimum atomic E-state index is -0.225. The Bertz CT molecular complexity index is 1700. The number of aromatic nitrogens is 1. The van der Waals surface area contributed by atoms with Gasteiger partial charge in [-0.3, -0.25) is 9.69 Å². The molecule has 7 heteroatoms. The van der Waals surface area contributed by atoms with Gasteiger partial charge in [0.15, 0.2) is 0 Å². The van der Waals surface area contributed by atoms with Crippen LogP contribution in [0.5, 0.6) is 0 Å². The van der Waals surface area contributed by atoms with Crippen molar-refractivity contribution < 1.29 is 13.7 Å². The second-order valence-electron chi connectivity index (χ2n) is 11.5. The lowest BCUT2D eigenvalue weighted by atomic mass is 9.93. The summed E-state index contributed by atoms with van der Waals surface area (Å²) in [5.74, 6) is 1.63. The largest absolute Gasteiger partial charge is 0.459 e. The standard InChI is InChI=1S/C35H38N4O3/c1-21-11-13-29(22(2)15-21)34(26-9-7-6-8-10-26)37-32(40)17-25-12-14-30-27(16-25)18-31(41-30)35(39-19-28(20-39)36-5)33-23(3)38-42-24(33)4/h6-16,18,28,34-36H,17,19-20H2,1-5H3,(H,37,40). The minimum absolute atomic E-state index is 0.0285. The molecular formula is C35H38N4O3. The Kier molecular flexibility index (Phi) is 7.71. The molecule has 2 atom stereocenters. The summed E-state index contributed by atoms with van der Waals surface area (Å²) in [6.45, 7) is 9.95. The Labute approximate surface area is 246 Å². The van der Waals surface area contributed by atoms with E-state index < -0.39 is 0 Å². The molecule has 0 saturated carbocycles. The molecule has 7 nitrogen and oxygen atoms in total. The van der Waals surface area contributed by atoms with E-state index in [0.717, 1.165) is 69.1 Å². The number of hydrogen-bond donors (Lipinski definition) is 2. The molecule has 1 aliphatic heterocycles. The Morgan fingerprint density at radius 3 is 2.48 bits per heavy atom. The van der Waals surface area contributed by atoms with Crippen molar-refractivity contribution in [3.05, 3.63) is 123 Å². The summed E-state index contributed by atoms with van der Waals surface area (Å²) in [4.78, 5) is 15.8. The first-order valence-electron chi connectivity index (χ1n) is 14.6. The maximum Gasteiger partial charge on any atom is 0.225 e. The maximum absolute atomic E-state index is 13.5. The number of rotatable bonds is 9. The number of carbonyl (C=O) groups excluding carboxylic acids is 1. The van der Waals surface area contributed by atoms with E-state index in [1.165, 1.54) is 5.56 Å². The number of hydrogen-bond acceptors (Lipinski definition) is 6. The highest BCUT2D eigenvalue weighted by atomic mass is 16.5. The Morgan fingerprint density at radius 2 is 1.79 bits per heavy atom. The van der Waals surface area contributed by atoms with Crippen LogP contribution < -0.4 is 10.6 Å². The summed E-state index contributed by atoms with van der Waals surface area (Å²) in [5.41, 5.74) is 8.20. The van der Waals surface area contributed by atoms with E-state index in [9.17, 15) is 4.79 Å². The molecule has 1 fully saturated rings. The molecule has 1 amide bonds. The Hall–Kier alpha value is -4.20. The Balaban J connectivity index is 1.25. The summed E-state index contributed by atoms with van der Waals surface area (Å²) >= 11 is 0. The number of nitrogens with zero attached hydrogens (tertiary/aromatic N) is 2. The fraction of sp³-hybridized carbons (Fsp3) is 0.314. The second-order valence-corrected chi connectivity index (χ2v) is 11.5. The fourth-order valence-electron chi connectivity index (χ4n) is 6.18. The zero-order valence-electron chi connectivity index (χ0n) is 24.9. The molecule has 2 unspecified atom stereocenters. The van der Waals surface area contributed by atoms with Crippen LogP contribution in [0.3, 0.4) is 0 Å². The third kappa shape index (κ3) is 5.50. The van der Waals surface area contributed by atoms with Crippen molar-refractivity contribution in [1.82, 2.24) is 20.7 Å². The van der Waals surface area contributed by atoms with E-state index in [4.69, 9.17) is 8.94 Å². The van der Waals surface area contributed by atoms with E-state index >= 15 is 0 Å². The highest BCUT2D eigenvalue weighted by molar-refractivity contribution is 5.83. The minimum Gasteiger partial charge on any atom is -0.459 e. The molecule has 2 N–H and O–H groups in total. The molecule has 3 aromatic carbocycles. The van der Waals surface area contributed by atoms with Gasteiger partial charge in [0.2, 0.25) is 5.91 Å². The van der Waals surface area contributed by atoms with Crippen LogP contribution in [0.4, 0.5) is 0 Å². The molecule has 216 valence electrons. The lowest BCUT2D eigenvalue weighted by Gasteiger charge is -2.43. The summed E-state index contributed by atoms with van der Waals surface area (Å²) in [5, 5.41) is 11.9. The SMILES string of the molecule is CNC1CN(C(c2cc3cc(CC(=O)NC(c4ccccc4)c4ccc(C)cc4C)ccc3o2)c2c(C)noc2C)C1. The van der Waals surface area contributed by atoms with Crippen molar-refractivity contribution in [2.75, 3.05) is 20.1 Å².